The topological polar surface area (TPSA) is 66.4 Å². The lowest BCUT2D eigenvalue weighted by atomic mass is 10.1. The highest BCUT2D eigenvalue weighted by Gasteiger charge is 2.16. The summed E-state index contributed by atoms with van der Waals surface area (Å²) in [5, 5.41) is 10.8. The highest BCUT2D eigenvalue weighted by Crippen LogP contribution is 2.23. The molecule has 18 heavy (non-hydrogen) atoms. The molecule has 1 heterocycles. The van der Waals surface area contributed by atoms with E-state index in [1.165, 1.54) is 11.3 Å². The maximum absolute atomic E-state index is 12.1. The number of hydrogen-bond donors (Lipinski definition) is 2. The van der Waals surface area contributed by atoms with Crippen LogP contribution in [0.15, 0.2) is 39.9 Å². The fourth-order valence-electron chi connectivity index (χ4n) is 1.49. The number of aliphatic hydroxyl groups is 1. The van der Waals surface area contributed by atoms with Crippen LogP contribution >= 0.6 is 11.3 Å². The van der Waals surface area contributed by atoms with Crippen LogP contribution in [-0.4, -0.2) is 13.5 Å². The highest BCUT2D eigenvalue weighted by atomic mass is 32.2. The van der Waals surface area contributed by atoms with Gasteiger partial charge in [0.25, 0.3) is 10.0 Å². The summed E-state index contributed by atoms with van der Waals surface area (Å²) in [6.07, 6.45) is 0. The molecule has 1 aromatic carbocycles. The van der Waals surface area contributed by atoms with Gasteiger partial charge in [0.15, 0.2) is 0 Å². The molecular formula is C12H13NO3S2. The molecule has 0 saturated heterocycles. The van der Waals surface area contributed by atoms with Crippen molar-refractivity contribution >= 4 is 27.0 Å². The van der Waals surface area contributed by atoms with Crippen LogP contribution in [0.3, 0.4) is 0 Å². The molecule has 96 valence electrons. The number of nitrogens with one attached hydrogen (secondary N) is 1. The van der Waals surface area contributed by atoms with E-state index >= 15 is 0 Å². The number of anilines is 1. The molecule has 2 rings (SSSR count). The van der Waals surface area contributed by atoms with Crippen LogP contribution in [0.5, 0.6) is 0 Å². The van der Waals surface area contributed by atoms with E-state index in [-0.39, 0.29) is 10.8 Å². The molecule has 0 radical (unpaired) electrons. The zero-order valence-corrected chi connectivity index (χ0v) is 11.4. The number of hydrogen-bond acceptors (Lipinski definition) is 4. The van der Waals surface area contributed by atoms with E-state index in [0.29, 0.717) is 11.3 Å². The predicted molar refractivity (Wildman–Crippen MR) is 72.2 cm³/mol. The Morgan fingerprint density at radius 1 is 1.33 bits per heavy atom. The van der Waals surface area contributed by atoms with Crippen molar-refractivity contribution in [3.05, 3.63) is 46.8 Å². The van der Waals surface area contributed by atoms with Crippen LogP contribution < -0.4 is 4.72 Å². The summed E-state index contributed by atoms with van der Waals surface area (Å²) >= 11 is 1.17. The number of aliphatic hydroxyl groups excluding tert-OH is 1. The molecule has 0 aliphatic rings. The Hall–Kier alpha value is -1.37. The van der Waals surface area contributed by atoms with Crippen LogP contribution in [0.25, 0.3) is 0 Å². The molecule has 0 aliphatic heterocycles. The first-order valence-corrected chi connectivity index (χ1v) is 7.66. The fraction of sp³-hybridized carbons (Fsp3) is 0.167. The van der Waals surface area contributed by atoms with E-state index in [1.807, 2.05) is 6.92 Å². The molecule has 0 spiro atoms. The summed E-state index contributed by atoms with van der Waals surface area (Å²) in [7, 11) is -3.53. The summed E-state index contributed by atoms with van der Waals surface area (Å²) in [5.41, 5.74) is 1.98. The van der Waals surface area contributed by atoms with Gasteiger partial charge in [-0.25, -0.2) is 8.42 Å². The molecular weight excluding hydrogens is 270 g/mol. The molecule has 0 unspecified atom stereocenters. The van der Waals surface area contributed by atoms with Gasteiger partial charge in [-0.2, -0.15) is 0 Å². The molecule has 4 nitrogen and oxygen atoms in total. The van der Waals surface area contributed by atoms with Gasteiger partial charge in [-0.15, -0.1) is 11.3 Å². The number of sulfonamides is 1. The van der Waals surface area contributed by atoms with Crippen molar-refractivity contribution in [2.24, 2.45) is 0 Å². The zero-order valence-electron chi connectivity index (χ0n) is 9.75. The Bertz CT molecular complexity index is 633. The maximum Gasteiger partial charge on any atom is 0.271 e. The number of thiophene rings is 1. The Kier molecular flexibility index (Phi) is 3.70. The van der Waals surface area contributed by atoms with Crippen molar-refractivity contribution in [3.8, 4) is 0 Å². The second-order valence-corrected chi connectivity index (χ2v) is 6.70. The van der Waals surface area contributed by atoms with E-state index in [4.69, 9.17) is 5.11 Å². The van der Waals surface area contributed by atoms with Crippen LogP contribution in [0.2, 0.25) is 0 Å². The lowest BCUT2D eigenvalue weighted by Crippen LogP contribution is -2.12. The lowest BCUT2D eigenvalue weighted by Gasteiger charge is -2.10. The first-order valence-electron chi connectivity index (χ1n) is 5.29. The van der Waals surface area contributed by atoms with E-state index < -0.39 is 10.0 Å². The summed E-state index contributed by atoms with van der Waals surface area (Å²) in [6.45, 7) is 1.70. The number of rotatable bonds is 4. The predicted octanol–water partition coefficient (Wildman–Crippen LogP) is 2.35. The molecule has 0 aliphatic carbocycles. The van der Waals surface area contributed by atoms with Gasteiger partial charge in [-0.3, -0.25) is 4.72 Å². The third-order valence-corrected chi connectivity index (χ3v) is 5.25. The molecule has 0 bridgehead atoms. The second kappa shape index (κ2) is 5.09. The second-order valence-electron chi connectivity index (χ2n) is 3.84. The van der Waals surface area contributed by atoms with Gasteiger partial charge in [0.1, 0.15) is 4.21 Å². The van der Waals surface area contributed by atoms with Crippen molar-refractivity contribution < 1.29 is 13.5 Å². The zero-order chi connectivity index (χ0) is 13.2. The van der Waals surface area contributed by atoms with Crippen LogP contribution in [0.1, 0.15) is 11.1 Å². The summed E-state index contributed by atoms with van der Waals surface area (Å²) < 4.78 is 26.9. The largest absolute Gasteiger partial charge is 0.392 e. The first kappa shape index (κ1) is 13.1. The van der Waals surface area contributed by atoms with E-state index in [0.717, 1.165) is 5.56 Å². The highest BCUT2D eigenvalue weighted by molar-refractivity contribution is 7.94. The summed E-state index contributed by atoms with van der Waals surface area (Å²) in [4.78, 5) is 0. The van der Waals surface area contributed by atoms with Gasteiger partial charge < -0.3 is 5.11 Å². The van der Waals surface area contributed by atoms with Gasteiger partial charge in [-0.05, 0) is 35.6 Å². The Morgan fingerprint density at radius 2 is 2.11 bits per heavy atom. The summed E-state index contributed by atoms with van der Waals surface area (Å²) in [6, 6.07) is 8.42. The van der Waals surface area contributed by atoms with Crippen LogP contribution in [0, 0.1) is 6.92 Å². The van der Waals surface area contributed by atoms with Crippen molar-refractivity contribution in [1.29, 1.82) is 0 Å². The van der Waals surface area contributed by atoms with E-state index in [2.05, 4.69) is 4.72 Å². The molecule has 0 saturated carbocycles. The maximum atomic E-state index is 12.1. The minimum Gasteiger partial charge on any atom is -0.392 e. The van der Waals surface area contributed by atoms with Gasteiger partial charge >= 0.3 is 0 Å². The number of aryl methyl sites for hydroxylation is 1. The normalized spacial score (nSPS) is 11.4. The Morgan fingerprint density at radius 3 is 2.72 bits per heavy atom. The fourth-order valence-corrected chi connectivity index (χ4v) is 3.60. The van der Waals surface area contributed by atoms with Gasteiger partial charge in [0.2, 0.25) is 0 Å². The molecule has 0 amide bonds. The molecule has 2 N–H and O–H groups in total. The molecule has 0 atom stereocenters. The molecule has 0 fully saturated rings. The van der Waals surface area contributed by atoms with Crippen LogP contribution in [0.4, 0.5) is 5.69 Å². The lowest BCUT2D eigenvalue weighted by molar-refractivity contribution is 0.282. The molecule has 1 aromatic heterocycles. The van der Waals surface area contributed by atoms with Crippen molar-refractivity contribution in [3.63, 3.8) is 0 Å². The van der Waals surface area contributed by atoms with Crippen LogP contribution in [-0.2, 0) is 16.6 Å². The van der Waals surface area contributed by atoms with Gasteiger partial charge in [-0.1, -0.05) is 18.2 Å². The Labute approximate surface area is 110 Å². The molecule has 2 aromatic rings. The standard InChI is InChI=1S/C12H13NO3S2/c1-9-4-5-10(8-14)7-11(9)13-18(15,16)12-3-2-6-17-12/h2-7,13-14H,8H2,1H3. The quantitative estimate of drug-likeness (QED) is 0.905. The summed E-state index contributed by atoms with van der Waals surface area (Å²) in [5.74, 6) is 0. The smallest absolute Gasteiger partial charge is 0.271 e. The minimum absolute atomic E-state index is 0.117. The van der Waals surface area contributed by atoms with E-state index in [1.54, 1.807) is 35.7 Å². The average Bonchev–Trinajstić information content (AvgIpc) is 2.86. The molecule has 6 heteroatoms. The van der Waals surface area contributed by atoms with Gasteiger partial charge in [0, 0.05) is 0 Å². The van der Waals surface area contributed by atoms with Crippen molar-refractivity contribution in [2.45, 2.75) is 17.7 Å². The average molecular weight is 283 g/mol. The minimum atomic E-state index is -3.53. The third-order valence-electron chi connectivity index (χ3n) is 2.49. The third kappa shape index (κ3) is 2.72. The first-order chi connectivity index (χ1) is 8.53. The van der Waals surface area contributed by atoms with Gasteiger partial charge in [0.05, 0.1) is 12.3 Å². The SMILES string of the molecule is Cc1ccc(CO)cc1NS(=O)(=O)c1cccs1. The van der Waals surface area contributed by atoms with Crippen molar-refractivity contribution in [2.75, 3.05) is 4.72 Å². The Balaban J connectivity index is 2.35. The monoisotopic (exact) mass is 283 g/mol. The van der Waals surface area contributed by atoms with E-state index in [9.17, 15) is 8.42 Å². The van der Waals surface area contributed by atoms with Crippen molar-refractivity contribution in [1.82, 2.24) is 0 Å². The number of benzene rings is 1.